The molecule has 4 nitrogen and oxygen atoms in total. The second-order valence-corrected chi connectivity index (χ2v) is 5.20. The van der Waals surface area contributed by atoms with Crippen LogP contribution < -0.4 is 10.6 Å². The molecule has 19 heavy (non-hydrogen) atoms. The third-order valence-electron chi connectivity index (χ3n) is 3.03. The molecule has 0 radical (unpaired) electrons. The summed E-state index contributed by atoms with van der Waals surface area (Å²) in [6, 6.07) is 4.57. The van der Waals surface area contributed by atoms with E-state index in [0.29, 0.717) is 11.1 Å². The Labute approximate surface area is 116 Å². The lowest BCUT2D eigenvalue weighted by molar-refractivity contribution is -0.117. The minimum Gasteiger partial charge on any atom is -0.322 e. The van der Waals surface area contributed by atoms with Gasteiger partial charge in [0.1, 0.15) is 5.82 Å². The highest BCUT2D eigenvalue weighted by molar-refractivity contribution is 6.30. The quantitative estimate of drug-likeness (QED) is 0.889. The summed E-state index contributed by atoms with van der Waals surface area (Å²) in [5.74, 6) is -0.732. The maximum atomic E-state index is 13.5. The zero-order valence-electron chi connectivity index (χ0n) is 10.7. The molecule has 1 aromatic rings. The van der Waals surface area contributed by atoms with E-state index in [1.165, 1.54) is 12.1 Å². The van der Waals surface area contributed by atoms with E-state index in [-0.39, 0.29) is 18.1 Å². The van der Waals surface area contributed by atoms with Gasteiger partial charge < -0.3 is 10.6 Å². The number of nitrogens with one attached hydrogen (secondary N) is 2. The van der Waals surface area contributed by atoms with Crippen molar-refractivity contribution in [3.8, 4) is 0 Å². The minimum atomic E-state index is -0.519. The number of nitrogens with zero attached hydrogens (tertiary/aromatic N) is 1. The van der Waals surface area contributed by atoms with Gasteiger partial charge in [-0.3, -0.25) is 9.69 Å². The second kappa shape index (κ2) is 6.32. The van der Waals surface area contributed by atoms with Gasteiger partial charge in [-0.05, 0) is 25.1 Å². The van der Waals surface area contributed by atoms with Crippen molar-refractivity contribution in [2.45, 2.75) is 13.0 Å². The minimum absolute atomic E-state index is 0.164. The topological polar surface area (TPSA) is 44.4 Å². The van der Waals surface area contributed by atoms with E-state index < -0.39 is 5.82 Å². The van der Waals surface area contributed by atoms with Crippen molar-refractivity contribution in [3.63, 3.8) is 0 Å². The molecule has 0 aliphatic carbocycles. The highest BCUT2D eigenvalue weighted by Crippen LogP contribution is 2.18. The van der Waals surface area contributed by atoms with Gasteiger partial charge in [-0.1, -0.05) is 11.6 Å². The molecule has 1 saturated heterocycles. The third-order valence-corrected chi connectivity index (χ3v) is 3.26. The molecule has 1 heterocycles. The number of halogens is 2. The lowest BCUT2D eigenvalue weighted by atomic mass is 10.2. The summed E-state index contributed by atoms with van der Waals surface area (Å²) in [5.41, 5.74) is 0.164. The van der Waals surface area contributed by atoms with Gasteiger partial charge in [0.15, 0.2) is 0 Å². The first-order valence-corrected chi connectivity index (χ1v) is 6.63. The molecule has 1 aliphatic heterocycles. The molecule has 0 saturated carbocycles. The van der Waals surface area contributed by atoms with Crippen LogP contribution in [0.25, 0.3) is 0 Å². The van der Waals surface area contributed by atoms with Gasteiger partial charge >= 0.3 is 0 Å². The molecular formula is C13H17ClFN3O. The molecule has 2 rings (SSSR count). The number of anilines is 1. The zero-order valence-corrected chi connectivity index (χ0v) is 11.5. The molecule has 104 valence electrons. The van der Waals surface area contributed by atoms with Crippen LogP contribution in [0.15, 0.2) is 18.2 Å². The van der Waals surface area contributed by atoms with Crippen LogP contribution in [0.1, 0.15) is 6.92 Å². The summed E-state index contributed by atoms with van der Waals surface area (Å²) in [4.78, 5) is 13.9. The monoisotopic (exact) mass is 285 g/mol. The van der Waals surface area contributed by atoms with Crippen LogP contribution in [0.5, 0.6) is 0 Å². The van der Waals surface area contributed by atoms with E-state index >= 15 is 0 Å². The average Bonchev–Trinajstić information content (AvgIpc) is 2.33. The lowest BCUT2D eigenvalue weighted by Gasteiger charge is -2.31. The molecule has 1 amide bonds. The summed E-state index contributed by atoms with van der Waals surface area (Å²) in [7, 11) is 0. The third kappa shape index (κ3) is 4.16. The fourth-order valence-electron chi connectivity index (χ4n) is 2.14. The van der Waals surface area contributed by atoms with Gasteiger partial charge in [0.05, 0.1) is 12.2 Å². The van der Waals surface area contributed by atoms with E-state index in [1.54, 1.807) is 6.07 Å². The number of carbonyl (C=O) groups is 1. The Kier molecular flexibility index (Phi) is 4.74. The van der Waals surface area contributed by atoms with Crippen LogP contribution in [0, 0.1) is 5.82 Å². The van der Waals surface area contributed by atoms with Crippen LogP contribution in [0.2, 0.25) is 5.02 Å². The molecule has 1 aliphatic rings. The van der Waals surface area contributed by atoms with Crippen molar-refractivity contribution in [2.24, 2.45) is 0 Å². The Balaban J connectivity index is 1.90. The van der Waals surface area contributed by atoms with Gasteiger partial charge in [-0.25, -0.2) is 4.39 Å². The van der Waals surface area contributed by atoms with Gasteiger partial charge in [-0.2, -0.15) is 0 Å². The molecule has 0 spiro atoms. The van der Waals surface area contributed by atoms with Crippen molar-refractivity contribution >= 4 is 23.2 Å². The fourth-order valence-corrected chi connectivity index (χ4v) is 2.30. The summed E-state index contributed by atoms with van der Waals surface area (Å²) >= 11 is 5.66. The fraction of sp³-hybridized carbons (Fsp3) is 0.462. The summed E-state index contributed by atoms with van der Waals surface area (Å²) in [5, 5.41) is 6.18. The molecule has 0 bridgehead atoms. The second-order valence-electron chi connectivity index (χ2n) is 4.76. The van der Waals surface area contributed by atoms with Crippen LogP contribution >= 0.6 is 11.6 Å². The van der Waals surface area contributed by atoms with Crippen LogP contribution in [0.4, 0.5) is 10.1 Å². The molecular weight excluding hydrogens is 269 g/mol. The predicted molar refractivity (Wildman–Crippen MR) is 73.9 cm³/mol. The number of benzene rings is 1. The SMILES string of the molecule is CC1CN(CC(=O)Nc2ccc(Cl)cc2F)CCN1. The van der Waals surface area contributed by atoms with E-state index in [0.717, 1.165) is 19.6 Å². The predicted octanol–water partition coefficient (Wildman–Crippen LogP) is 1.71. The van der Waals surface area contributed by atoms with Crippen molar-refractivity contribution < 1.29 is 9.18 Å². The lowest BCUT2D eigenvalue weighted by Crippen LogP contribution is -2.51. The van der Waals surface area contributed by atoms with E-state index in [9.17, 15) is 9.18 Å². The number of amides is 1. The first-order valence-electron chi connectivity index (χ1n) is 6.25. The first-order chi connectivity index (χ1) is 9.04. The van der Waals surface area contributed by atoms with Gasteiger partial charge in [0, 0.05) is 30.7 Å². The smallest absolute Gasteiger partial charge is 0.238 e. The Morgan fingerprint density at radius 2 is 2.42 bits per heavy atom. The molecule has 1 fully saturated rings. The van der Waals surface area contributed by atoms with E-state index in [2.05, 4.69) is 17.6 Å². The first kappa shape index (κ1) is 14.2. The number of carbonyl (C=O) groups excluding carboxylic acids is 1. The molecule has 1 unspecified atom stereocenters. The highest BCUT2D eigenvalue weighted by Gasteiger charge is 2.18. The number of hydrogen-bond acceptors (Lipinski definition) is 3. The maximum absolute atomic E-state index is 13.5. The zero-order chi connectivity index (χ0) is 13.8. The molecule has 2 N–H and O–H groups in total. The van der Waals surface area contributed by atoms with Crippen LogP contribution in [-0.2, 0) is 4.79 Å². The molecule has 0 aromatic heterocycles. The van der Waals surface area contributed by atoms with Gasteiger partial charge in [-0.15, -0.1) is 0 Å². The van der Waals surface area contributed by atoms with Crippen LogP contribution in [0.3, 0.4) is 0 Å². The Morgan fingerprint density at radius 1 is 1.63 bits per heavy atom. The van der Waals surface area contributed by atoms with Gasteiger partial charge in [0.25, 0.3) is 0 Å². The Hall–Kier alpha value is -1.17. The van der Waals surface area contributed by atoms with Crippen molar-refractivity contribution in [2.75, 3.05) is 31.5 Å². The van der Waals surface area contributed by atoms with Crippen LogP contribution in [-0.4, -0.2) is 43.0 Å². The number of piperazine rings is 1. The van der Waals surface area contributed by atoms with E-state index in [1.807, 2.05) is 4.90 Å². The standard InChI is InChI=1S/C13H17ClFN3O/c1-9-7-18(5-4-16-9)8-13(19)17-12-3-2-10(14)6-11(12)15/h2-3,6,9,16H,4-5,7-8H2,1H3,(H,17,19). The maximum Gasteiger partial charge on any atom is 0.238 e. The summed E-state index contributed by atoms with van der Waals surface area (Å²) in [6.07, 6.45) is 0. The Bertz CT molecular complexity index is 469. The van der Waals surface area contributed by atoms with Crippen molar-refractivity contribution in [1.29, 1.82) is 0 Å². The Morgan fingerprint density at radius 3 is 3.11 bits per heavy atom. The number of hydrogen-bond donors (Lipinski definition) is 2. The summed E-state index contributed by atoms with van der Waals surface area (Å²) < 4.78 is 13.5. The molecule has 6 heteroatoms. The largest absolute Gasteiger partial charge is 0.322 e. The molecule has 1 aromatic carbocycles. The molecule has 1 atom stereocenters. The average molecular weight is 286 g/mol. The highest BCUT2D eigenvalue weighted by atomic mass is 35.5. The van der Waals surface area contributed by atoms with Crippen molar-refractivity contribution in [1.82, 2.24) is 10.2 Å². The van der Waals surface area contributed by atoms with Gasteiger partial charge in [0.2, 0.25) is 5.91 Å². The summed E-state index contributed by atoms with van der Waals surface area (Å²) in [6.45, 7) is 4.85. The normalized spacial score (nSPS) is 20.3. The number of rotatable bonds is 3. The van der Waals surface area contributed by atoms with E-state index in [4.69, 9.17) is 11.6 Å². The van der Waals surface area contributed by atoms with Crippen molar-refractivity contribution in [3.05, 3.63) is 29.0 Å².